The van der Waals surface area contributed by atoms with Crippen molar-refractivity contribution in [3.8, 4) is 5.75 Å². The molecule has 0 atom stereocenters. The predicted molar refractivity (Wildman–Crippen MR) is 117 cm³/mol. The van der Waals surface area contributed by atoms with Crippen molar-refractivity contribution >= 4 is 22.4 Å². The first-order valence-corrected chi connectivity index (χ1v) is 9.90. The summed E-state index contributed by atoms with van der Waals surface area (Å²) in [6, 6.07) is 26.5. The number of benzene rings is 4. The maximum absolute atomic E-state index is 13.1. The third-order valence-electron chi connectivity index (χ3n) is 4.88. The van der Waals surface area contributed by atoms with Gasteiger partial charge in [0, 0.05) is 23.7 Å². The molecule has 0 saturated carbocycles. The fourth-order valence-corrected chi connectivity index (χ4v) is 3.54. The number of fused-ring (bicyclic) bond motifs is 1. The molecule has 4 rings (SSSR count). The number of hydrogen-bond donors (Lipinski definition) is 1. The molecule has 0 spiro atoms. The first-order chi connectivity index (χ1) is 14.2. The Hall–Kier alpha value is -2.88. The molecule has 0 bridgehead atoms. The van der Waals surface area contributed by atoms with Crippen molar-refractivity contribution in [3.05, 3.63) is 112 Å². The van der Waals surface area contributed by atoms with E-state index in [0.29, 0.717) is 19.7 Å². The lowest BCUT2D eigenvalue weighted by molar-refractivity contribution is 0.302. The van der Waals surface area contributed by atoms with Gasteiger partial charge in [0.15, 0.2) is 0 Å². The van der Waals surface area contributed by atoms with Crippen molar-refractivity contribution in [3.63, 3.8) is 0 Å². The van der Waals surface area contributed by atoms with Gasteiger partial charge in [-0.25, -0.2) is 4.39 Å². The highest BCUT2D eigenvalue weighted by Crippen LogP contribution is 2.29. The molecule has 29 heavy (non-hydrogen) atoms. The minimum atomic E-state index is -0.246. The first kappa shape index (κ1) is 19.4. The van der Waals surface area contributed by atoms with Gasteiger partial charge in [0.1, 0.15) is 18.2 Å². The molecule has 0 heterocycles. The largest absolute Gasteiger partial charge is 0.489 e. The number of hydrogen-bond acceptors (Lipinski definition) is 2. The molecule has 0 aromatic heterocycles. The summed E-state index contributed by atoms with van der Waals surface area (Å²) in [6.45, 7) is 1.70. The molecule has 0 unspecified atom stereocenters. The summed E-state index contributed by atoms with van der Waals surface area (Å²) in [5, 5.41) is 6.55. The van der Waals surface area contributed by atoms with E-state index in [1.54, 1.807) is 12.1 Å². The van der Waals surface area contributed by atoms with Gasteiger partial charge in [-0.2, -0.15) is 0 Å². The molecule has 0 aliphatic heterocycles. The van der Waals surface area contributed by atoms with Gasteiger partial charge < -0.3 is 10.1 Å². The van der Waals surface area contributed by atoms with Crippen LogP contribution in [0.4, 0.5) is 4.39 Å². The Morgan fingerprint density at radius 2 is 1.55 bits per heavy atom. The van der Waals surface area contributed by atoms with Crippen molar-refractivity contribution in [2.75, 3.05) is 0 Å². The second-order valence-corrected chi connectivity index (χ2v) is 7.28. The SMILES string of the molecule is Fc1ccc(COc2ccc3ccccc3c2CNCc2ccccc2Cl)cc1. The predicted octanol–water partition coefficient (Wildman–Crippen LogP) is 6.50. The molecule has 2 nitrogen and oxygen atoms in total. The van der Waals surface area contributed by atoms with Crippen molar-refractivity contribution in [2.45, 2.75) is 19.7 Å². The quantitative estimate of drug-likeness (QED) is 0.379. The molecule has 4 aromatic carbocycles. The third-order valence-corrected chi connectivity index (χ3v) is 5.25. The van der Waals surface area contributed by atoms with Gasteiger partial charge in [-0.15, -0.1) is 0 Å². The summed E-state index contributed by atoms with van der Waals surface area (Å²) >= 11 is 6.27. The zero-order valence-corrected chi connectivity index (χ0v) is 16.6. The van der Waals surface area contributed by atoms with Crippen LogP contribution in [0.1, 0.15) is 16.7 Å². The van der Waals surface area contributed by atoms with Gasteiger partial charge in [0.25, 0.3) is 0 Å². The fourth-order valence-electron chi connectivity index (χ4n) is 3.34. The highest BCUT2D eigenvalue weighted by Gasteiger charge is 2.10. The number of ether oxygens (including phenoxy) is 1. The molecule has 0 aliphatic carbocycles. The summed E-state index contributed by atoms with van der Waals surface area (Å²) in [7, 11) is 0. The molecule has 4 heteroatoms. The van der Waals surface area contributed by atoms with Crippen LogP contribution < -0.4 is 10.1 Å². The zero-order chi connectivity index (χ0) is 20.1. The molecule has 0 fully saturated rings. The highest BCUT2D eigenvalue weighted by atomic mass is 35.5. The number of nitrogens with one attached hydrogen (secondary N) is 1. The van der Waals surface area contributed by atoms with Crippen LogP contribution in [0, 0.1) is 5.82 Å². The molecular weight excluding hydrogens is 385 g/mol. The Morgan fingerprint density at radius 3 is 2.38 bits per heavy atom. The van der Waals surface area contributed by atoms with Crippen molar-refractivity contribution in [1.82, 2.24) is 5.32 Å². The van der Waals surface area contributed by atoms with E-state index in [4.69, 9.17) is 16.3 Å². The fraction of sp³-hybridized carbons (Fsp3) is 0.120. The van der Waals surface area contributed by atoms with Gasteiger partial charge in [0.2, 0.25) is 0 Å². The van der Waals surface area contributed by atoms with Gasteiger partial charge in [-0.05, 0) is 46.2 Å². The van der Waals surface area contributed by atoms with Crippen LogP contribution in [0.3, 0.4) is 0 Å². The molecule has 1 N–H and O–H groups in total. The average Bonchev–Trinajstić information content (AvgIpc) is 2.75. The first-order valence-electron chi connectivity index (χ1n) is 9.53. The van der Waals surface area contributed by atoms with Crippen LogP contribution >= 0.6 is 11.6 Å². The van der Waals surface area contributed by atoms with E-state index in [1.807, 2.05) is 42.5 Å². The highest BCUT2D eigenvalue weighted by molar-refractivity contribution is 6.31. The van der Waals surface area contributed by atoms with Gasteiger partial charge in [0.05, 0.1) is 0 Å². The Bertz CT molecular complexity index is 1110. The topological polar surface area (TPSA) is 21.3 Å². The molecule has 0 aliphatic rings. The van der Waals surface area contributed by atoms with Crippen LogP contribution in [-0.2, 0) is 19.7 Å². The smallest absolute Gasteiger partial charge is 0.124 e. The normalized spacial score (nSPS) is 11.0. The van der Waals surface area contributed by atoms with Gasteiger partial charge in [-0.3, -0.25) is 0 Å². The van der Waals surface area contributed by atoms with E-state index in [9.17, 15) is 4.39 Å². The Labute approximate surface area is 174 Å². The minimum Gasteiger partial charge on any atom is -0.489 e. The summed E-state index contributed by atoms with van der Waals surface area (Å²) in [6.07, 6.45) is 0. The van der Waals surface area contributed by atoms with E-state index >= 15 is 0 Å². The van der Waals surface area contributed by atoms with Crippen LogP contribution in [0.5, 0.6) is 5.75 Å². The lowest BCUT2D eigenvalue weighted by Crippen LogP contribution is -2.14. The monoisotopic (exact) mass is 405 g/mol. The van der Waals surface area contributed by atoms with E-state index in [0.717, 1.165) is 38.2 Å². The second kappa shape index (κ2) is 9.08. The number of rotatable bonds is 7. The lowest BCUT2D eigenvalue weighted by atomic mass is 10.0. The van der Waals surface area contributed by atoms with Crippen molar-refractivity contribution in [1.29, 1.82) is 0 Å². The lowest BCUT2D eigenvalue weighted by Gasteiger charge is -2.15. The maximum atomic E-state index is 13.1. The Balaban J connectivity index is 1.55. The minimum absolute atomic E-state index is 0.246. The summed E-state index contributed by atoms with van der Waals surface area (Å²) in [5.41, 5.74) is 3.08. The molecule has 0 radical (unpaired) electrons. The summed E-state index contributed by atoms with van der Waals surface area (Å²) in [4.78, 5) is 0. The summed E-state index contributed by atoms with van der Waals surface area (Å²) in [5.74, 6) is 0.573. The van der Waals surface area contributed by atoms with Crippen molar-refractivity contribution in [2.24, 2.45) is 0 Å². The van der Waals surface area contributed by atoms with Crippen LogP contribution in [-0.4, -0.2) is 0 Å². The third kappa shape index (κ3) is 4.76. The Morgan fingerprint density at radius 1 is 0.793 bits per heavy atom. The van der Waals surface area contributed by atoms with E-state index < -0.39 is 0 Å². The summed E-state index contributed by atoms with van der Waals surface area (Å²) < 4.78 is 19.2. The molecule has 0 saturated heterocycles. The number of halogens is 2. The van der Waals surface area contributed by atoms with E-state index in [2.05, 4.69) is 23.5 Å². The van der Waals surface area contributed by atoms with Gasteiger partial charge in [-0.1, -0.05) is 72.3 Å². The van der Waals surface area contributed by atoms with E-state index in [-0.39, 0.29) is 5.82 Å². The van der Waals surface area contributed by atoms with Crippen molar-refractivity contribution < 1.29 is 9.13 Å². The van der Waals surface area contributed by atoms with Crippen LogP contribution in [0.25, 0.3) is 10.8 Å². The molecular formula is C25H21ClFNO. The molecule has 0 amide bonds. The molecule has 146 valence electrons. The standard InChI is InChI=1S/C25H21ClFNO/c26-24-8-4-2-6-20(24)15-28-16-23-22-7-3-1-5-19(22)11-14-25(23)29-17-18-9-12-21(27)13-10-18/h1-14,28H,15-17H2. The van der Waals surface area contributed by atoms with Crippen LogP contribution in [0.2, 0.25) is 5.02 Å². The maximum Gasteiger partial charge on any atom is 0.124 e. The second-order valence-electron chi connectivity index (χ2n) is 6.87. The molecule has 4 aromatic rings. The zero-order valence-electron chi connectivity index (χ0n) is 15.9. The van der Waals surface area contributed by atoms with Gasteiger partial charge >= 0.3 is 0 Å². The van der Waals surface area contributed by atoms with Crippen LogP contribution in [0.15, 0.2) is 84.9 Å². The van der Waals surface area contributed by atoms with E-state index in [1.165, 1.54) is 12.1 Å². The Kier molecular flexibility index (Phi) is 6.09. The average molecular weight is 406 g/mol.